The van der Waals surface area contributed by atoms with Crippen LogP contribution in [0.4, 0.5) is 20.5 Å². The highest BCUT2D eigenvalue weighted by Crippen LogP contribution is 2.37. The van der Waals surface area contributed by atoms with E-state index in [0.29, 0.717) is 28.1 Å². The second-order valence-corrected chi connectivity index (χ2v) is 6.83. The SMILES string of the molecule is NC(Cc1ccc(F)cn1)=Nc1nc(N)nc(-c2ccc(F)cc2)c1-c1ccc(=O)[nH]c1. The van der Waals surface area contributed by atoms with Gasteiger partial charge < -0.3 is 16.5 Å². The summed E-state index contributed by atoms with van der Waals surface area (Å²) in [5, 5.41) is 0. The number of nitrogens with zero attached hydrogens (tertiary/aromatic N) is 4. The maximum Gasteiger partial charge on any atom is 0.247 e. The lowest BCUT2D eigenvalue weighted by atomic mass is 10.0. The number of aromatic amines is 1. The fourth-order valence-corrected chi connectivity index (χ4v) is 3.07. The molecule has 1 aromatic carbocycles. The second-order valence-electron chi connectivity index (χ2n) is 6.83. The Hall–Kier alpha value is -4.47. The molecule has 4 aromatic rings. The van der Waals surface area contributed by atoms with E-state index >= 15 is 0 Å². The van der Waals surface area contributed by atoms with Crippen LogP contribution in [0.3, 0.4) is 0 Å². The van der Waals surface area contributed by atoms with Gasteiger partial charge in [0, 0.05) is 35.5 Å². The number of hydrogen-bond acceptors (Lipinski definition) is 6. The molecule has 5 N–H and O–H groups in total. The highest BCUT2D eigenvalue weighted by molar-refractivity contribution is 5.92. The number of amidine groups is 1. The Kier molecular flexibility index (Phi) is 5.67. The minimum absolute atomic E-state index is 0.0658. The van der Waals surface area contributed by atoms with E-state index in [0.717, 1.165) is 6.20 Å². The molecule has 0 fully saturated rings. The van der Waals surface area contributed by atoms with Crippen molar-refractivity contribution in [3.05, 3.63) is 88.6 Å². The number of H-pyrrole nitrogens is 1. The van der Waals surface area contributed by atoms with Crippen molar-refractivity contribution in [2.75, 3.05) is 5.73 Å². The molecule has 160 valence electrons. The third kappa shape index (κ3) is 4.64. The van der Waals surface area contributed by atoms with Gasteiger partial charge in [-0.05, 0) is 42.5 Å². The zero-order valence-electron chi connectivity index (χ0n) is 16.6. The third-order valence-electron chi connectivity index (χ3n) is 4.50. The Morgan fingerprint density at radius 2 is 1.69 bits per heavy atom. The van der Waals surface area contributed by atoms with Gasteiger partial charge >= 0.3 is 0 Å². The molecule has 0 unspecified atom stereocenters. The first-order valence-electron chi connectivity index (χ1n) is 9.45. The van der Waals surface area contributed by atoms with Crippen LogP contribution in [-0.4, -0.2) is 25.8 Å². The van der Waals surface area contributed by atoms with Crippen LogP contribution < -0.4 is 17.0 Å². The summed E-state index contributed by atoms with van der Waals surface area (Å²) in [5.41, 5.74) is 14.2. The highest BCUT2D eigenvalue weighted by Gasteiger charge is 2.18. The smallest absolute Gasteiger partial charge is 0.247 e. The van der Waals surface area contributed by atoms with Gasteiger partial charge in [-0.3, -0.25) is 9.78 Å². The predicted molar refractivity (Wildman–Crippen MR) is 117 cm³/mol. The van der Waals surface area contributed by atoms with Gasteiger partial charge in [0.25, 0.3) is 0 Å². The molecule has 0 atom stereocenters. The largest absolute Gasteiger partial charge is 0.387 e. The second kappa shape index (κ2) is 8.72. The first-order chi connectivity index (χ1) is 15.4. The molecule has 32 heavy (non-hydrogen) atoms. The predicted octanol–water partition coefficient (Wildman–Crippen LogP) is 2.99. The van der Waals surface area contributed by atoms with Crippen LogP contribution in [0.5, 0.6) is 0 Å². The summed E-state index contributed by atoms with van der Waals surface area (Å²) < 4.78 is 26.6. The first kappa shape index (κ1) is 20.8. The van der Waals surface area contributed by atoms with Crippen LogP contribution in [0.15, 0.2) is 70.7 Å². The molecule has 0 bridgehead atoms. The molecule has 0 aliphatic heterocycles. The number of benzene rings is 1. The number of anilines is 1. The van der Waals surface area contributed by atoms with E-state index in [1.165, 1.54) is 36.5 Å². The minimum Gasteiger partial charge on any atom is -0.387 e. The Morgan fingerprint density at radius 3 is 2.34 bits per heavy atom. The summed E-state index contributed by atoms with van der Waals surface area (Å²) in [7, 11) is 0. The highest BCUT2D eigenvalue weighted by atomic mass is 19.1. The van der Waals surface area contributed by atoms with E-state index in [2.05, 4.69) is 24.9 Å². The number of nitrogens with one attached hydrogen (secondary N) is 1. The molecule has 0 aliphatic rings. The topological polar surface area (TPSA) is 136 Å². The average Bonchev–Trinajstić information content (AvgIpc) is 2.76. The molecule has 3 heterocycles. The van der Waals surface area contributed by atoms with Crippen molar-refractivity contribution in [1.29, 1.82) is 0 Å². The van der Waals surface area contributed by atoms with Gasteiger partial charge in [-0.15, -0.1) is 0 Å². The van der Waals surface area contributed by atoms with Gasteiger partial charge in [0.15, 0.2) is 5.82 Å². The molecule has 0 radical (unpaired) electrons. The number of nitrogens with two attached hydrogens (primary N) is 2. The average molecular weight is 433 g/mol. The molecular weight excluding hydrogens is 416 g/mol. The molecule has 0 amide bonds. The van der Waals surface area contributed by atoms with E-state index in [1.54, 1.807) is 18.2 Å². The first-order valence-corrected chi connectivity index (χ1v) is 9.45. The van der Waals surface area contributed by atoms with Crippen LogP contribution in [0.25, 0.3) is 22.4 Å². The van der Waals surface area contributed by atoms with Crippen LogP contribution in [0.1, 0.15) is 5.69 Å². The molecule has 4 rings (SSSR count). The number of halogens is 2. The fourth-order valence-electron chi connectivity index (χ4n) is 3.07. The van der Waals surface area contributed by atoms with Crippen LogP contribution in [0.2, 0.25) is 0 Å². The van der Waals surface area contributed by atoms with Crippen molar-refractivity contribution in [2.45, 2.75) is 6.42 Å². The molecule has 0 aliphatic carbocycles. The van der Waals surface area contributed by atoms with Gasteiger partial charge in [-0.1, -0.05) is 0 Å². The summed E-state index contributed by atoms with van der Waals surface area (Å²) in [6.07, 6.45) is 2.71. The van der Waals surface area contributed by atoms with Crippen LogP contribution in [0, 0.1) is 11.6 Å². The summed E-state index contributed by atoms with van der Waals surface area (Å²) >= 11 is 0. The van der Waals surface area contributed by atoms with Gasteiger partial charge in [0.1, 0.15) is 17.5 Å². The molecule has 8 nitrogen and oxygen atoms in total. The van der Waals surface area contributed by atoms with Gasteiger partial charge in [0.2, 0.25) is 11.5 Å². The molecular formula is C22H17F2N7O. The standard InChI is InChI=1S/C22H17F2N7O/c23-14-4-1-12(2-5-14)20-19(13-3-8-18(32)28-10-13)21(31-22(26)30-20)29-17(25)9-16-7-6-15(24)11-27-16/h1-8,10-11H,9H2,(H,28,32)(H4,25,26,29,30,31). The zero-order chi connectivity index (χ0) is 22.7. The third-order valence-corrected chi connectivity index (χ3v) is 4.50. The van der Waals surface area contributed by atoms with Crippen molar-refractivity contribution in [2.24, 2.45) is 10.7 Å². The van der Waals surface area contributed by atoms with Crippen molar-refractivity contribution in [3.8, 4) is 22.4 Å². The lowest BCUT2D eigenvalue weighted by molar-refractivity contribution is 0.620. The number of pyridine rings is 2. The summed E-state index contributed by atoms with van der Waals surface area (Å²) in [6, 6.07) is 11.4. The maximum absolute atomic E-state index is 13.5. The number of aliphatic imine (C=N–C) groups is 1. The van der Waals surface area contributed by atoms with E-state index < -0.39 is 11.6 Å². The van der Waals surface area contributed by atoms with Crippen molar-refractivity contribution >= 4 is 17.6 Å². The van der Waals surface area contributed by atoms with Crippen molar-refractivity contribution in [3.63, 3.8) is 0 Å². The lowest BCUT2D eigenvalue weighted by Crippen LogP contribution is -2.16. The number of aromatic nitrogens is 4. The van der Waals surface area contributed by atoms with Crippen LogP contribution >= 0.6 is 0 Å². The van der Waals surface area contributed by atoms with E-state index in [-0.39, 0.29) is 29.6 Å². The Bertz CT molecular complexity index is 1330. The maximum atomic E-state index is 13.5. The number of nitrogen functional groups attached to an aromatic ring is 1. The van der Waals surface area contributed by atoms with Crippen molar-refractivity contribution in [1.82, 2.24) is 19.9 Å². The number of rotatable bonds is 5. The summed E-state index contributed by atoms with van der Waals surface area (Å²) in [5.74, 6) is -0.627. The van der Waals surface area contributed by atoms with Gasteiger partial charge in [-0.25, -0.2) is 18.8 Å². The molecule has 0 saturated heterocycles. The Morgan fingerprint density at radius 1 is 0.969 bits per heavy atom. The van der Waals surface area contributed by atoms with Gasteiger partial charge in [-0.2, -0.15) is 4.98 Å². The number of hydrogen-bond donors (Lipinski definition) is 3. The summed E-state index contributed by atoms with van der Waals surface area (Å²) in [6.45, 7) is 0. The minimum atomic E-state index is -0.461. The molecule has 0 spiro atoms. The van der Waals surface area contributed by atoms with E-state index in [1.807, 2.05) is 0 Å². The molecule has 10 heteroatoms. The molecule has 0 saturated carbocycles. The Labute approximate surface area is 180 Å². The van der Waals surface area contributed by atoms with E-state index in [9.17, 15) is 13.6 Å². The monoisotopic (exact) mass is 433 g/mol. The quantitative estimate of drug-likeness (QED) is 0.327. The zero-order valence-corrected chi connectivity index (χ0v) is 16.6. The van der Waals surface area contributed by atoms with Crippen molar-refractivity contribution < 1.29 is 8.78 Å². The summed E-state index contributed by atoms with van der Waals surface area (Å²) in [4.78, 5) is 31.1. The normalized spacial score (nSPS) is 11.5. The van der Waals surface area contributed by atoms with E-state index in [4.69, 9.17) is 11.5 Å². The lowest BCUT2D eigenvalue weighted by Gasteiger charge is -2.13. The van der Waals surface area contributed by atoms with Crippen LogP contribution in [-0.2, 0) is 6.42 Å². The van der Waals surface area contributed by atoms with Gasteiger partial charge in [0.05, 0.1) is 17.5 Å². The Balaban J connectivity index is 1.87. The molecule has 3 aromatic heterocycles. The fraction of sp³-hybridized carbons (Fsp3) is 0.0455.